The number of halogens is 1. The van der Waals surface area contributed by atoms with E-state index in [1.165, 1.54) is 0 Å². The minimum Gasteiger partial charge on any atom is -0.449 e. The Morgan fingerprint density at radius 2 is 1.86 bits per heavy atom. The first kappa shape index (κ1) is 13.7. The molecule has 0 aliphatic carbocycles. The van der Waals surface area contributed by atoms with Gasteiger partial charge in [0.2, 0.25) is 0 Å². The molecule has 1 heterocycles. The van der Waals surface area contributed by atoms with Crippen LogP contribution in [0.25, 0.3) is 11.0 Å². The van der Waals surface area contributed by atoms with Gasteiger partial charge in [-0.05, 0) is 31.5 Å². The minimum atomic E-state index is -0.269. The number of carbonyl (C=O) groups is 1. The van der Waals surface area contributed by atoms with Crippen LogP contribution in [-0.4, -0.2) is 5.91 Å². The summed E-state index contributed by atoms with van der Waals surface area (Å²) in [6.07, 6.45) is 0. The topological polar surface area (TPSA) is 42.2 Å². The first-order valence-electron chi connectivity index (χ1n) is 6.62. The van der Waals surface area contributed by atoms with E-state index in [4.69, 9.17) is 16.0 Å². The molecule has 0 aliphatic rings. The van der Waals surface area contributed by atoms with E-state index >= 15 is 0 Å². The number of hydrogen-bond donors (Lipinski definition) is 1. The molecule has 1 amide bonds. The molecule has 0 unspecified atom stereocenters. The normalized spacial score (nSPS) is 10.8. The van der Waals surface area contributed by atoms with Crippen LogP contribution in [0.1, 0.15) is 21.7 Å². The molecule has 0 radical (unpaired) electrons. The number of amides is 1. The number of nitrogens with one attached hydrogen (secondary N) is 1. The molecule has 1 N–H and O–H groups in total. The average molecular weight is 300 g/mol. The molecule has 0 bridgehead atoms. The maximum Gasteiger partial charge on any atom is 0.291 e. The second-order valence-electron chi connectivity index (χ2n) is 4.94. The second-order valence-corrected chi connectivity index (χ2v) is 5.35. The van der Waals surface area contributed by atoms with Crippen molar-refractivity contribution in [1.29, 1.82) is 0 Å². The Balaban J connectivity index is 2.01. The molecule has 0 fully saturated rings. The number of anilines is 1. The lowest BCUT2D eigenvalue weighted by Crippen LogP contribution is -2.12. The molecule has 3 rings (SSSR count). The zero-order valence-corrected chi connectivity index (χ0v) is 12.5. The van der Waals surface area contributed by atoms with E-state index in [-0.39, 0.29) is 5.91 Å². The Labute approximate surface area is 127 Å². The van der Waals surface area contributed by atoms with E-state index in [2.05, 4.69) is 5.32 Å². The Hall–Kier alpha value is -2.26. The summed E-state index contributed by atoms with van der Waals surface area (Å²) in [4.78, 5) is 12.4. The van der Waals surface area contributed by atoms with Crippen LogP contribution in [0.4, 0.5) is 5.69 Å². The van der Waals surface area contributed by atoms with Crippen molar-refractivity contribution < 1.29 is 9.21 Å². The monoisotopic (exact) mass is 299 g/mol. The van der Waals surface area contributed by atoms with Gasteiger partial charge < -0.3 is 9.73 Å². The van der Waals surface area contributed by atoms with E-state index in [9.17, 15) is 4.79 Å². The smallest absolute Gasteiger partial charge is 0.291 e. The third-order valence-corrected chi connectivity index (χ3v) is 3.81. The van der Waals surface area contributed by atoms with Gasteiger partial charge in [0.15, 0.2) is 11.3 Å². The highest BCUT2D eigenvalue weighted by atomic mass is 35.5. The lowest BCUT2D eigenvalue weighted by molar-refractivity contribution is 0.0998. The number of aryl methyl sites for hydroxylation is 2. The van der Waals surface area contributed by atoms with Crippen molar-refractivity contribution in [3.63, 3.8) is 0 Å². The van der Waals surface area contributed by atoms with Crippen molar-refractivity contribution in [2.75, 3.05) is 5.32 Å². The molecule has 0 saturated carbocycles. The number of furan rings is 1. The molecule has 1 aromatic heterocycles. The first-order valence-corrected chi connectivity index (χ1v) is 7.00. The number of para-hydroxylation sites is 2. The molecule has 106 valence electrons. The molecular formula is C17H14ClNO2. The van der Waals surface area contributed by atoms with Gasteiger partial charge in [-0.1, -0.05) is 41.9 Å². The van der Waals surface area contributed by atoms with Crippen LogP contribution < -0.4 is 5.32 Å². The van der Waals surface area contributed by atoms with Crippen LogP contribution in [0.2, 0.25) is 5.02 Å². The number of hydrogen-bond acceptors (Lipinski definition) is 2. The predicted molar refractivity (Wildman–Crippen MR) is 85.1 cm³/mol. The summed E-state index contributed by atoms with van der Waals surface area (Å²) in [7, 11) is 0. The second kappa shape index (κ2) is 5.26. The molecule has 3 aromatic rings. The molecule has 3 nitrogen and oxygen atoms in total. The number of rotatable bonds is 2. The molecule has 0 atom stereocenters. The van der Waals surface area contributed by atoms with Crippen molar-refractivity contribution >= 4 is 34.2 Å². The van der Waals surface area contributed by atoms with Crippen molar-refractivity contribution in [1.82, 2.24) is 0 Å². The van der Waals surface area contributed by atoms with E-state index in [0.29, 0.717) is 16.4 Å². The molecule has 0 saturated heterocycles. The van der Waals surface area contributed by atoms with E-state index in [0.717, 1.165) is 22.2 Å². The van der Waals surface area contributed by atoms with Gasteiger partial charge in [0.05, 0.1) is 5.02 Å². The zero-order valence-electron chi connectivity index (χ0n) is 11.7. The Morgan fingerprint density at radius 1 is 1.10 bits per heavy atom. The van der Waals surface area contributed by atoms with Gasteiger partial charge in [-0.2, -0.15) is 0 Å². The number of benzene rings is 2. The van der Waals surface area contributed by atoms with Crippen LogP contribution in [0.3, 0.4) is 0 Å². The molecule has 2 aromatic carbocycles. The van der Waals surface area contributed by atoms with Crippen molar-refractivity contribution in [3.8, 4) is 0 Å². The van der Waals surface area contributed by atoms with Crippen LogP contribution >= 0.6 is 11.6 Å². The van der Waals surface area contributed by atoms with E-state index < -0.39 is 0 Å². The SMILES string of the molecule is Cc1ccccc1NC(=O)c1oc2c(Cl)cccc2c1C. The Bertz CT molecular complexity index is 836. The standard InChI is InChI=1S/C17H14ClNO2/c1-10-6-3-4-9-14(10)19-17(20)15-11(2)12-7-5-8-13(18)16(12)21-15/h3-9H,1-2H3,(H,19,20). The third-order valence-electron chi connectivity index (χ3n) is 3.52. The molecule has 0 aliphatic heterocycles. The van der Waals surface area contributed by atoms with Gasteiger partial charge in [-0.3, -0.25) is 4.79 Å². The van der Waals surface area contributed by atoms with E-state index in [1.807, 2.05) is 50.2 Å². The predicted octanol–water partition coefficient (Wildman–Crippen LogP) is 4.96. The molecule has 4 heteroatoms. The van der Waals surface area contributed by atoms with E-state index in [1.54, 1.807) is 6.07 Å². The summed E-state index contributed by atoms with van der Waals surface area (Å²) in [5.41, 5.74) is 3.11. The summed E-state index contributed by atoms with van der Waals surface area (Å²) in [6, 6.07) is 13.1. The first-order chi connectivity index (χ1) is 10.1. The van der Waals surface area contributed by atoms with Gasteiger partial charge in [0.25, 0.3) is 5.91 Å². The fraction of sp³-hybridized carbons (Fsp3) is 0.118. The summed E-state index contributed by atoms with van der Waals surface area (Å²) in [5, 5.41) is 4.24. The van der Waals surface area contributed by atoms with Crippen LogP contribution in [-0.2, 0) is 0 Å². The lowest BCUT2D eigenvalue weighted by atomic mass is 10.1. The lowest BCUT2D eigenvalue weighted by Gasteiger charge is -2.06. The third kappa shape index (κ3) is 2.41. The Morgan fingerprint density at radius 3 is 2.57 bits per heavy atom. The fourth-order valence-corrected chi connectivity index (χ4v) is 2.53. The summed E-state index contributed by atoms with van der Waals surface area (Å²) >= 11 is 6.11. The van der Waals surface area contributed by atoms with Gasteiger partial charge in [-0.15, -0.1) is 0 Å². The molecule has 0 spiro atoms. The highest BCUT2D eigenvalue weighted by Crippen LogP contribution is 2.31. The van der Waals surface area contributed by atoms with Gasteiger partial charge in [0, 0.05) is 16.6 Å². The molecule has 21 heavy (non-hydrogen) atoms. The van der Waals surface area contributed by atoms with Gasteiger partial charge >= 0.3 is 0 Å². The van der Waals surface area contributed by atoms with Crippen LogP contribution in [0, 0.1) is 13.8 Å². The maximum atomic E-state index is 12.4. The quantitative estimate of drug-likeness (QED) is 0.727. The van der Waals surface area contributed by atoms with Crippen molar-refractivity contribution in [2.24, 2.45) is 0 Å². The summed E-state index contributed by atoms with van der Waals surface area (Å²) in [5.74, 6) is 0.0235. The summed E-state index contributed by atoms with van der Waals surface area (Å²) in [6.45, 7) is 3.80. The highest BCUT2D eigenvalue weighted by molar-refractivity contribution is 6.35. The maximum absolute atomic E-state index is 12.4. The minimum absolute atomic E-state index is 0.269. The number of fused-ring (bicyclic) bond motifs is 1. The summed E-state index contributed by atoms with van der Waals surface area (Å²) < 4.78 is 5.66. The van der Waals surface area contributed by atoms with Gasteiger partial charge in [0.1, 0.15) is 0 Å². The Kier molecular flexibility index (Phi) is 3.43. The molecular weight excluding hydrogens is 286 g/mol. The number of carbonyl (C=O) groups excluding carboxylic acids is 1. The fourth-order valence-electron chi connectivity index (χ4n) is 2.32. The zero-order chi connectivity index (χ0) is 15.0. The average Bonchev–Trinajstić information content (AvgIpc) is 2.81. The highest BCUT2D eigenvalue weighted by Gasteiger charge is 2.19. The van der Waals surface area contributed by atoms with Crippen LogP contribution in [0.5, 0.6) is 0 Å². The van der Waals surface area contributed by atoms with Crippen LogP contribution in [0.15, 0.2) is 46.9 Å². The van der Waals surface area contributed by atoms with Crippen molar-refractivity contribution in [2.45, 2.75) is 13.8 Å². The van der Waals surface area contributed by atoms with Crippen molar-refractivity contribution in [3.05, 3.63) is 64.4 Å². The van der Waals surface area contributed by atoms with Gasteiger partial charge in [-0.25, -0.2) is 0 Å². The largest absolute Gasteiger partial charge is 0.449 e.